The molecule has 3 aliphatic rings. The van der Waals surface area contributed by atoms with Gasteiger partial charge in [0.2, 0.25) is 5.91 Å². The van der Waals surface area contributed by atoms with Crippen molar-refractivity contribution in [1.29, 1.82) is 0 Å². The molecule has 3 aromatic heterocycles. The summed E-state index contributed by atoms with van der Waals surface area (Å²) < 4.78 is 7.29. The van der Waals surface area contributed by atoms with E-state index in [0.29, 0.717) is 45.0 Å². The van der Waals surface area contributed by atoms with Crippen LogP contribution < -0.4 is 5.56 Å². The Bertz CT molecular complexity index is 1290. The molecule has 6 rings (SSSR count). The van der Waals surface area contributed by atoms with Crippen molar-refractivity contribution < 1.29 is 14.6 Å². The second kappa shape index (κ2) is 9.57. The lowest BCUT2D eigenvalue weighted by Gasteiger charge is -2.39. The summed E-state index contributed by atoms with van der Waals surface area (Å²) in [6, 6.07) is 10.9. The van der Waals surface area contributed by atoms with Crippen molar-refractivity contribution in [3.63, 3.8) is 0 Å². The maximum atomic E-state index is 13.9. The summed E-state index contributed by atoms with van der Waals surface area (Å²) in [4.78, 5) is 40.1. The van der Waals surface area contributed by atoms with Gasteiger partial charge in [-0.25, -0.2) is 0 Å². The smallest absolute Gasteiger partial charge is 0.258 e. The minimum Gasteiger partial charge on any atom is -0.396 e. The van der Waals surface area contributed by atoms with E-state index in [4.69, 9.17) is 4.74 Å². The molecule has 0 unspecified atom stereocenters. The Morgan fingerprint density at radius 1 is 1.06 bits per heavy atom. The lowest BCUT2D eigenvalue weighted by Crippen LogP contribution is -2.47. The molecule has 1 N–H and O–H groups in total. The predicted octanol–water partition coefficient (Wildman–Crippen LogP) is 1.33. The molecular weight excluding hydrogens is 458 g/mol. The molecule has 4 atom stereocenters. The third-order valence-corrected chi connectivity index (χ3v) is 7.86. The van der Waals surface area contributed by atoms with Gasteiger partial charge in [-0.2, -0.15) is 0 Å². The quantitative estimate of drug-likeness (QED) is 0.580. The van der Waals surface area contributed by atoms with Gasteiger partial charge in [-0.3, -0.25) is 24.5 Å². The van der Waals surface area contributed by atoms with Gasteiger partial charge in [0.25, 0.3) is 5.56 Å². The number of rotatable bonds is 5. The van der Waals surface area contributed by atoms with E-state index in [0.717, 1.165) is 16.8 Å². The van der Waals surface area contributed by atoms with Crippen LogP contribution in [-0.4, -0.2) is 74.3 Å². The molecule has 3 aromatic rings. The van der Waals surface area contributed by atoms with Crippen LogP contribution in [-0.2, 0) is 22.6 Å². The molecule has 0 spiro atoms. The Kier molecular flexibility index (Phi) is 6.12. The maximum Gasteiger partial charge on any atom is 0.258 e. The van der Waals surface area contributed by atoms with Crippen LogP contribution in [0.5, 0.6) is 0 Å². The van der Waals surface area contributed by atoms with Gasteiger partial charge in [0.15, 0.2) is 0 Å². The van der Waals surface area contributed by atoms with Crippen LogP contribution in [0.25, 0.3) is 11.1 Å². The van der Waals surface area contributed by atoms with Crippen molar-refractivity contribution in [2.24, 2.45) is 11.8 Å². The van der Waals surface area contributed by atoms with Crippen LogP contribution in [0, 0.1) is 11.8 Å². The number of fused-ring (bicyclic) bond motifs is 4. The molecule has 0 aromatic carbocycles. The number of pyridine rings is 3. The van der Waals surface area contributed by atoms with Crippen LogP contribution in [0.3, 0.4) is 0 Å². The van der Waals surface area contributed by atoms with Crippen LogP contribution in [0.1, 0.15) is 17.3 Å². The number of aliphatic hydroxyl groups is 1. The van der Waals surface area contributed by atoms with E-state index >= 15 is 0 Å². The minimum atomic E-state index is -0.449. The van der Waals surface area contributed by atoms with Gasteiger partial charge in [-0.15, -0.1) is 0 Å². The number of morpholine rings is 1. The van der Waals surface area contributed by atoms with E-state index in [1.165, 1.54) is 0 Å². The SMILES string of the molecule is O=C([C@@H]1[C@@H](CO)[C@@H]2Cn3c(ccc(-c4ccncc4)c3=O)[C@H]1N2Cc1cccnc1)N1CCOCC1. The Morgan fingerprint density at radius 3 is 2.58 bits per heavy atom. The van der Waals surface area contributed by atoms with Gasteiger partial charge in [0.1, 0.15) is 0 Å². The third kappa shape index (κ3) is 3.84. The summed E-state index contributed by atoms with van der Waals surface area (Å²) in [5.41, 5.74) is 3.20. The molecule has 2 bridgehead atoms. The molecule has 0 aliphatic carbocycles. The third-order valence-electron chi connectivity index (χ3n) is 7.86. The first kappa shape index (κ1) is 23.0. The zero-order valence-electron chi connectivity index (χ0n) is 19.9. The Hall–Kier alpha value is -3.40. The zero-order valence-corrected chi connectivity index (χ0v) is 19.9. The van der Waals surface area contributed by atoms with Gasteiger partial charge in [0, 0.05) is 80.8 Å². The lowest BCUT2D eigenvalue weighted by atomic mass is 9.86. The summed E-state index contributed by atoms with van der Waals surface area (Å²) in [6.07, 6.45) is 6.93. The van der Waals surface area contributed by atoms with Gasteiger partial charge in [0.05, 0.1) is 25.2 Å². The fourth-order valence-electron chi connectivity index (χ4n) is 6.17. The van der Waals surface area contributed by atoms with Crippen molar-refractivity contribution in [1.82, 2.24) is 24.3 Å². The summed E-state index contributed by atoms with van der Waals surface area (Å²) in [7, 11) is 0. The molecular formula is C27H29N5O4. The number of hydrogen-bond donors (Lipinski definition) is 1. The number of aromatic nitrogens is 3. The molecule has 2 saturated heterocycles. The first-order valence-corrected chi connectivity index (χ1v) is 12.4. The number of hydrogen-bond acceptors (Lipinski definition) is 7. The summed E-state index contributed by atoms with van der Waals surface area (Å²) in [5, 5.41) is 10.6. The zero-order chi connectivity index (χ0) is 24.6. The largest absolute Gasteiger partial charge is 0.396 e. The number of ether oxygens (including phenoxy) is 1. The van der Waals surface area contributed by atoms with Gasteiger partial charge in [-0.05, 0) is 41.5 Å². The molecule has 2 fully saturated rings. The molecule has 3 aliphatic heterocycles. The van der Waals surface area contributed by atoms with E-state index < -0.39 is 5.92 Å². The number of aliphatic hydroxyl groups excluding tert-OH is 1. The monoisotopic (exact) mass is 487 g/mol. The van der Waals surface area contributed by atoms with Crippen molar-refractivity contribution in [3.05, 3.63) is 82.8 Å². The van der Waals surface area contributed by atoms with Gasteiger partial charge < -0.3 is 19.3 Å². The fourth-order valence-corrected chi connectivity index (χ4v) is 6.17. The van der Waals surface area contributed by atoms with E-state index in [1.807, 2.05) is 52.1 Å². The molecule has 0 radical (unpaired) electrons. The Balaban J connectivity index is 1.45. The molecule has 9 heteroatoms. The van der Waals surface area contributed by atoms with Crippen molar-refractivity contribution in [2.75, 3.05) is 32.9 Å². The van der Waals surface area contributed by atoms with Crippen LogP contribution in [0.4, 0.5) is 0 Å². The molecule has 9 nitrogen and oxygen atoms in total. The van der Waals surface area contributed by atoms with E-state index in [1.54, 1.807) is 18.6 Å². The van der Waals surface area contributed by atoms with Crippen LogP contribution >= 0.6 is 0 Å². The molecule has 36 heavy (non-hydrogen) atoms. The molecule has 6 heterocycles. The normalized spacial score (nSPS) is 25.5. The first-order valence-electron chi connectivity index (χ1n) is 12.4. The fraction of sp³-hybridized carbons (Fsp3) is 0.407. The summed E-state index contributed by atoms with van der Waals surface area (Å²) in [6.45, 7) is 3.00. The minimum absolute atomic E-state index is 0.0279. The Morgan fingerprint density at radius 2 is 1.86 bits per heavy atom. The number of nitrogens with zero attached hydrogens (tertiary/aromatic N) is 5. The standard InChI is InChI=1S/C27H29N5O4/c33-17-21-23-16-32-22(4-3-20(26(32)34)19-5-8-28-9-6-19)25(31(23)15-18-2-1-7-29-14-18)24(21)27(35)30-10-12-36-13-11-30/h1-9,14,21,23-25,33H,10-13,15-17H2/t21-,23-,24+,25+/m0/s1. The first-order chi connectivity index (χ1) is 17.7. The van der Waals surface area contributed by atoms with Crippen molar-refractivity contribution >= 4 is 5.91 Å². The number of carbonyl (C=O) groups excluding carboxylic acids is 1. The van der Waals surface area contributed by atoms with Crippen molar-refractivity contribution in [3.8, 4) is 11.1 Å². The number of amides is 1. The molecule has 0 saturated carbocycles. The topological polar surface area (TPSA) is 101 Å². The summed E-state index contributed by atoms with van der Waals surface area (Å²) in [5.74, 6) is -0.708. The van der Waals surface area contributed by atoms with Crippen LogP contribution in [0.2, 0.25) is 0 Å². The van der Waals surface area contributed by atoms with Crippen molar-refractivity contribution in [2.45, 2.75) is 25.2 Å². The number of carbonyl (C=O) groups is 1. The van der Waals surface area contributed by atoms with Gasteiger partial charge >= 0.3 is 0 Å². The summed E-state index contributed by atoms with van der Waals surface area (Å²) >= 11 is 0. The average Bonchev–Trinajstić information content (AvgIpc) is 3.13. The lowest BCUT2D eigenvalue weighted by molar-refractivity contribution is -0.142. The average molecular weight is 488 g/mol. The second-order valence-corrected chi connectivity index (χ2v) is 9.68. The Labute approximate surface area is 209 Å². The highest BCUT2D eigenvalue weighted by Gasteiger charge is 2.56. The second-order valence-electron chi connectivity index (χ2n) is 9.68. The van der Waals surface area contributed by atoms with E-state index in [9.17, 15) is 14.7 Å². The predicted molar refractivity (Wildman–Crippen MR) is 132 cm³/mol. The van der Waals surface area contributed by atoms with E-state index in [-0.39, 0.29) is 36.1 Å². The van der Waals surface area contributed by atoms with Crippen LogP contribution in [0.15, 0.2) is 66.0 Å². The molecule has 186 valence electrons. The molecule has 1 amide bonds. The van der Waals surface area contributed by atoms with Gasteiger partial charge in [-0.1, -0.05) is 6.07 Å². The highest BCUT2D eigenvalue weighted by atomic mass is 16.5. The maximum absolute atomic E-state index is 13.9. The van der Waals surface area contributed by atoms with E-state index in [2.05, 4.69) is 14.9 Å². The highest BCUT2D eigenvalue weighted by molar-refractivity contribution is 5.81. The highest BCUT2D eigenvalue weighted by Crippen LogP contribution is 2.49.